The first-order valence-electron chi connectivity index (χ1n) is 9.30. The van der Waals surface area contributed by atoms with Gasteiger partial charge in [0.25, 0.3) is 11.8 Å². The molecule has 0 unspecified atom stereocenters. The third kappa shape index (κ3) is 3.42. The summed E-state index contributed by atoms with van der Waals surface area (Å²) in [5.41, 5.74) is 5.13. The van der Waals surface area contributed by atoms with E-state index in [2.05, 4.69) is 20.7 Å². The highest BCUT2D eigenvalue weighted by Gasteiger charge is 2.36. The van der Waals surface area contributed by atoms with Crippen LogP contribution in [0.15, 0.2) is 71.9 Å². The van der Waals surface area contributed by atoms with Gasteiger partial charge in [-0.25, -0.2) is 0 Å². The summed E-state index contributed by atoms with van der Waals surface area (Å²) in [6, 6.07) is 19.7. The number of nitrogens with one attached hydrogen (secondary N) is 1. The van der Waals surface area contributed by atoms with Crippen molar-refractivity contribution >= 4 is 35.1 Å². The predicted octanol–water partition coefficient (Wildman–Crippen LogP) is 2.21. The first-order chi connectivity index (χ1) is 15.1. The Bertz CT molecular complexity index is 1300. The zero-order chi connectivity index (χ0) is 21.4. The number of hydrogen-bond donors (Lipinski definition) is 1. The highest BCUT2D eigenvalue weighted by molar-refractivity contribution is 7.99. The minimum absolute atomic E-state index is 0.0779. The van der Waals surface area contributed by atoms with Gasteiger partial charge in [-0.05, 0) is 24.3 Å². The van der Waals surface area contributed by atoms with E-state index < -0.39 is 17.7 Å². The van der Waals surface area contributed by atoms with E-state index in [4.69, 9.17) is 0 Å². The molecule has 2 aromatic heterocycles. The molecule has 9 nitrogen and oxygen atoms in total. The topological polar surface area (TPSA) is 110 Å². The van der Waals surface area contributed by atoms with Crippen LogP contribution in [0.25, 0.3) is 16.9 Å². The van der Waals surface area contributed by atoms with Crippen molar-refractivity contribution in [2.75, 3.05) is 5.75 Å². The average Bonchev–Trinajstić information content (AvgIpc) is 3.32. The molecule has 1 aliphatic rings. The molecule has 2 aromatic carbocycles. The van der Waals surface area contributed by atoms with Gasteiger partial charge in [0.1, 0.15) is 0 Å². The van der Waals surface area contributed by atoms with Crippen LogP contribution >= 0.6 is 11.8 Å². The fourth-order valence-corrected chi connectivity index (χ4v) is 3.88. The van der Waals surface area contributed by atoms with E-state index in [0.29, 0.717) is 10.8 Å². The number of hydrogen-bond acceptors (Lipinski definition) is 7. The summed E-state index contributed by atoms with van der Waals surface area (Å²) in [6.45, 7) is 0. The van der Waals surface area contributed by atoms with Crippen molar-refractivity contribution < 1.29 is 14.4 Å². The molecule has 1 N–H and O–H groups in total. The fourth-order valence-electron chi connectivity index (χ4n) is 3.20. The van der Waals surface area contributed by atoms with Gasteiger partial charge in [0.05, 0.1) is 22.6 Å². The Hall–Kier alpha value is -4.05. The third-order valence-corrected chi connectivity index (χ3v) is 5.59. The minimum atomic E-state index is -0.555. The number of benzene rings is 2. The highest BCUT2D eigenvalue weighted by atomic mass is 32.2. The molecule has 0 fully saturated rings. The second kappa shape index (κ2) is 7.65. The molecule has 0 atom stereocenters. The monoisotopic (exact) mass is 430 g/mol. The molecule has 0 saturated carbocycles. The van der Waals surface area contributed by atoms with E-state index in [1.54, 1.807) is 34.8 Å². The summed E-state index contributed by atoms with van der Waals surface area (Å²) in [7, 11) is 0. The second-order valence-electron chi connectivity index (χ2n) is 6.65. The van der Waals surface area contributed by atoms with Crippen LogP contribution in [0.5, 0.6) is 0 Å². The molecule has 0 aliphatic carbocycles. The maximum absolute atomic E-state index is 12.4. The van der Waals surface area contributed by atoms with Crippen LogP contribution in [0.4, 0.5) is 0 Å². The van der Waals surface area contributed by atoms with Gasteiger partial charge >= 0.3 is 0 Å². The van der Waals surface area contributed by atoms with Gasteiger partial charge in [-0.15, -0.1) is 10.2 Å². The smallest absolute Gasteiger partial charge is 0.272 e. The molecule has 0 bridgehead atoms. The van der Waals surface area contributed by atoms with E-state index in [9.17, 15) is 14.4 Å². The molecule has 0 radical (unpaired) electrons. The Morgan fingerprint density at radius 1 is 0.871 bits per heavy atom. The van der Waals surface area contributed by atoms with Crippen LogP contribution in [0, 0.1) is 0 Å². The Labute approximate surface area is 180 Å². The van der Waals surface area contributed by atoms with E-state index in [-0.39, 0.29) is 16.9 Å². The van der Waals surface area contributed by atoms with Gasteiger partial charge < -0.3 is 0 Å². The Morgan fingerprint density at radius 2 is 1.55 bits per heavy atom. The third-order valence-electron chi connectivity index (χ3n) is 4.67. The summed E-state index contributed by atoms with van der Waals surface area (Å²) < 4.78 is 1.56. The molecule has 10 heteroatoms. The molecule has 5 rings (SSSR count). The highest BCUT2D eigenvalue weighted by Crippen LogP contribution is 2.22. The van der Waals surface area contributed by atoms with E-state index in [1.807, 2.05) is 36.4 Å². The normalized spacial score (nSPS) is 13.0. The number of carbonyl (C=O) groups excluding carboxylic acids is 3. The molecular formula is C21H14N6O3S. The summed E-state index contributed by atoms with van der Waals surface area (Å²) >= 11 is 1.10. The van der Waals surface area contributed by atoms with Crippen LogP contribution in [-0.4, -0.2) is 48.3 Å². The van der Waals surface area contributed by atoms with Crippen LogP contribution in [0.3, 0.4) is 0 Å². The van der Waals surface area contributed by atoms with E-state index in [0.717, 1.165) is 28.0 Å². The van der Waals surface area contributed by atoms with Crippen LogP contribution in [-0.2, 0) is 4.79 Å². The van der Waals surface area contributed by atoms with Crippen molar-refractivity contribution in [1.82, 2.24) is 30.2 Å². The fraction of sp³-hybridized carbons (Fsp3) is 0.0476. The first kappa shape index (κ1) is 18.9. The van der Waals surface area contributed by atoms with Crippen LogP contribution in [0.1, 0.15) is 20.7 Å². The Morgan fingerprint density at radius 3 is 2.26 bits per heavy atom. The Kier molecular flexibility index (Phi) is 4.68. The first-order valence-corrected chi connectivity index (χ1v) is 10.3. The van der Waals surface area contributed by atoms with Crippen molar-refractivity contribution in [3.8, 4) is 11.3 Å². The van der Waals surface area contributed by atoms with Gasteiger partial charge in [0, 0.05) is 5.56 Å². The number of carbonyl (C=O) groups is 3. The van der Waals surface area contributed by atoms with Crippen molar-refractivity contribution in [3.05, 3.63) is 77.9 Å². The zero-order valence-electron chi connectivity index (χ0n) is 15.9. The number of fused-ring (bicyclic) bond motifs is 2. The number of amides is 3. The summed E-state index contributed by atoms with van der Waals surface area (Å²) in [5.74, 6) is -1.71. The van der Waals surface area contributed by atoms with Gasteiger partial charge in [-0.3, -0.25) is 19.8 Å². The molecule has 4 aromatic rings. The molecule has 3 heterocycles. The van der Waals surface area contributed by atoms with Crippen LogP contribution < -0.4 is 5.43 Å². The quantitative estimate of drug-likeness (QED) is 0.382. The molecule has 31 heavy (non-hydrogen) atoms. The number of imide groups is 1. The average molecular weight is 430 g/mol. The van der Waals surface area contributed by atoms with Gasteiger partial charge in [0.2, 0.25) is 11.1 Å². The van der Waals surface area contributed by atoms with Crippen molar-refractivity contribution in [3.63, 3.8) is 0 Å². The largest absolute Gasteiger partial charge is 0.280 e. The summed E-state index contributed by atoms with van der Waals surface area (Å²) in [5, 5.41) is 13.9. The van der Waals surface area contributed by atoms with Crippen molar-refractivity contribution in [2.45, 2.75) is 5.16 Å². The van der Waals surface area contributed by atoms with E-state index >= 15 is 0 Å². The number of rotatable bonds is 5. The SMILES string of the molecule is O=C(CSc1nnc2ccc(-c3ccccc3)nn12)NN1C(=O)c2ccccc2C1=O. The number of aromatic nitrogens is 4. The summed E-state index contributed by atoms with van der Waals surface area (Å²) in [4.78, 5) is 37.1. The lowest BCUT2D eigenvalue weighted by molar-refractivity contribution is -0.121. The minimum Gasteiger partial charge on any atom is -0.272 e. The predicted molar refractivity (Wildman–Crippen MR) is 112 cm³/mol. The van der Waals surface area contributed by atoms with Crippen LogP contribution in [0.2, 0.25) is 0 Å². The molecular weight excluding hydrogens is 416 g/mol. The lowest BCUT2D eigenvalue weighted by atomic mass is 10.1. The number of thioether (sulfide) groups is 1. The molecule has 152 valence electrons. The maximum atomic E-state index is 12.4. The molecule has 0 spiro atoms. The number of hydrazine groups is 1. The lowest BCUT2D eigenvalue weighted by Crippen LogP contribution is -2.46. The van der Waals surface area contributed by atoms with Crippen molar-refractivity contribution in [2.24, 2.45) is 0 Å². The van der Waals surface area contributed by atoms with E-state index in [1.165, 1.54) is 0 Å². The summed E-state index contributed by atoms with van der Waals surface area (Å²) in [6.07, 6.45) is 0. The van der Waals surface area contributed by atoms with Gasteiger partial charge in [0.15, 0.2) is 5.65 Å². The van der Waals surface area contributed by atoms with Gasteiger partial charge in [-0.2, -0.15) is 14.6 Å². The zero-order valence-corrected chi connectivity index (χ0v) is 16.7. The number of nitrogens with zero attached hydrogens (tertiary/aromatic N) is 5. The second-order valence-corrected chi connectivity index (χ2v) is 7.59. The standard InChI is InChI=1S/C21H14N6O3S/c28-18(25-27-19(29)14-8-4-5-9-15(14)20(27)30)12-31-21-23-22-17-11-10-16(24-26(17)21)13-6-2-1-3-7-13/h1-11H,12H2,(H,25,28). The van der Waals surface area contributed by atoms with Crippen molar-refractivity contribution in [1.29, 1.82) is 0 Å². The Balaban J connectivity index is 1.30. The maximum Gasteiger partial charge on any atom is 0.280 e. The molecule has 1 aliphatic heterocycles. The molecule has 0 saturated heterocycles. The molecule has 3 amide bonds. The lowest BCUT2D eigenvalue weighted by Gasteiger charge is -2.14. The van der Waals surface area contributed by atoms with Gasteiger partial charge in [-0.1, -0.05) is 54.2 Å².